The molecule has 1 aliphatic carbocycles. The van der Waals surface area contributed by atoms with Crippen molar-refractivity contribution in [3.05, 3.63) is 34.9 Å². The van der Waals surface area contributed by atoms with Crippen LogP contribution in [0.25, 0.3) is 0 Å². The highest BCUT2D eigenvalue weighted by Crippen LogP contribution is 2.37. The predicted octanol–water partition coefficient (Wildman–Crippen LogP) is 2.24. The zero-order valence-electron chi connectivity index (χ0n) is 6.92. The third-order valence-electron chi connectivity index (χ3n) is 2.43. The number of hydrogen-bond acceptors (Lipinski definition) is 1. The molecular formula is C10H12O. The van der Waals surface area contributed by atoms with Gasteiger partial charge in [0.05, 0.1) is 6.10 Å². The summed E-state index contributed by atoms with van der Waals surface area (Å²) in [5.74, 6) is 0. The first-order valence-electron chi connectivity index (χ1n) is 3.94. The summed E-state index contributed by atoms with van der Waals surface area (Å²) in [5, 5.41) is 0. The molecule has 1 aromatic rings. The summed E-state index contributed by atoms with van der Waals surface area (Å²) in [4.78, 5) is 0. The van der Waals surface area contributed by atoms with Gasteiger partial charge in [-0.05, 0) is 23.6 Å². The molecular weight excluding hydrogens is 136 g/mol. The number of rotatable bonds is 1. The molecule has 0 N–H and O–H groups in total. The minimum Gasteiger partial charge on any atom is -0.376 e. The van der Waals surface area contributed by atoms with Crippen LogP contribution in [0, 0.1) is 6.92 Å². The first kappa shape index (κ1) is 6.86. The van der Waals surface area contributed by atoms with Gasteiger partial charge in [-0.15, -0.1) is 0 Å². The standard InChI is InChI=1S/C10H12O/c1-7-4-3-5-8-6-9(11-2)10(7)8/h3-5,9H,6H2,1-2H3. The molecule has 58 valence electrons. The van der Waals surface area contributed by atoms with Gasteiger partial charge in [-0.25, -0.2) is 0 Å². The van der Waals surface area contributed by atoms with E-state index >= 15 is 0 Å². The minimum absolute atomic E-state index is 0.367. The van der Waals surface area contributed by atoms with E-state index in [0.717, 1.165) is 6.42 Å². The fourth-order valence-electron chi connectivity index (χ4n) is 1.75. The summed E-state index contributed by atoms with van der Waals surface area (Å²) in [6.07, 6.45) is 1.46. The van der Waals surface area contributed by atoms with E-state index in [1.54, 1.807) is 7.11 Å². The Morgan fingerprint density at radius 3 is 2.91 bits per heavy atom. The van der Waals surface area contributed by atoms with E-state index in [1.807, 2.05) is 0 Å². The lowest BCUT2D eigenvalue weighted by Gasteiger charge is -2.30. The second kappa shape index (κ2) is 2.35. The Hall–Kier alpha value is -0.820. The third kappa shape index (κ3) is 0.881. The third-order valence-corrected chi connectivity index (χ3v) is 2.43. The Kier molecular flexibility index (Phi) is 1.46. The Bertz CT molecular complexity index is 264. The maximum absolute atomic E-state index is 5.29. The second-order valence-electron chi connectivity index (χ2n) is 3.08. The lowest BCUT2D eigenvalue weighted by atomic mass is 9.82. The average Bonchev–Trinajstić information content (AvgIpc) is 1.93. The maximum atomic E-state index is 5.29. The van der Waals surface area contributed by atoms with Gasteiger partial charge < -0.3 is 4.74 Å². The molecule has 1 aromatic carbocycles. The van der Waals surface area contributed by atoms with Crippen molar-refractivity contribution in [2.45, 2.75) is 19.4 Å². The second-order valence-corrected chi connectivity index (χ2v) is 3.08. The summed E-state index contributed by atoms with van der Waals surface area (Å²) < 4.78 is 5.29. The van der Waals surface area contributed by atoms with Crippen LogP contribution in [0.2, 0.25) is 0 Å². The molecule has 1 atom stereocenters. The summed E-state index contributed by atoms with van der Waals surface area (Å²) in [7, 11) is 1.78. The molecule has 0 heterocycles. The maximum Gasteiger partial charge on any atom is 0.0866 e. The molecule has 0 amide bonds. The lowest BCUT2D eigenvalue weighted by Crippen LogP contribution is -2.19. The van der Waals surface area contributed by atoms with Crippen molar-refractivity contribution in [1.82, 2.24) is 0 Å². The molecule has 0 bridgehead atoms. The highest BCUT2D eigenvalue weighted by atomic mass is 16.5. The van der Waals surface area contributed by atoms with E-state index in [4.69, 9.17) is 4.74 Å². The predicted molar refractivity (Wildman–Crippen MR) is 44.6 cm³/mol. The molecule has 0 saturated carbocycles. The smallest absolute Gasteiger partial charge is 0.0866 e. The van der Waals surface area contributed by atoms with Gasteiger partial charge in [-0.2, -0.15) is 0 Å². The van der Waals surface area contributed by atoms with Crippen molar-refractivity contribution in [2.75, 3.05) is 7.11 Å². The summed E-state index contributed by atoms with van der Waals surface area (Å²) in [5.41, 5.74) is 4.23. The summed E-state index contributed by atoms with van der Waals surface area (Å²) in [6.45, 7) is 2.14. The fourth-order valence-corrected chi connectivity index (χ4v) is 1.75. The van der Waals surface area contributed by atoms with Crippen molar-refractivity contribution < 1.29 is 4.74 Å². The molecule has 0 radical (unpaired) electrons. The van der Waals surface area contributed by atoms with Gasteiger partial charge in [0.2, 0.25) is 0 Å². The SMILES string of the molecule is COC1Cc2cccc(C)c21. The van der Waals surface area contributed by atoms with Crippen LogP contribution in [-0.4, -0.2) is 7.11 Å². The Morgan fingerprint density at radius 1 is 1.45 bits per heavy atom. The Labute approximate surface area is 67.0 Å². The average molecular weight is 148 g/mol. The number of benzene rings is 1. The first-order chi connectivity index (χ1) is 5.33. The number of hydrogen-bond donors (Lipinski definition) is 0. The van der Waals surface area contributed by atoms with E-state index < -0.39 is 0 Å². The summed E-state index contributed by atoms with van der Waals surface area (Å²) >= 11 is 0. The molecule has 0 aromatic heterocycles. The fraction of sp³-hybridized carbons (Fsp3) is 0.400. The van der Waals surface area contributed by atoms with Crippen LogP contribution in [0.5, 0.6) is 0 Å². The van der Waals surface area contributed by atoms with Crippen LogP contribution < -0.4 is 0 Å². The number of fused-ring (bicyclic) bond motifs is 1. The van der Waals surface area contributed by atoms with Gasteiger partial charge in [0, 0.05) is 13.5 Å². The van der Waals surface area contributed by atoms with Crippen LogP contribution in [0.4, 0.5) is 0 Å². The van der Waals surface area contributed by atoms with Crippen LogP contribution in [0.3, 0.4) is 0 Å². The Morgan fingerprint density at radius 2 is 2.27 bits per heavy atom. The van der Waals surface area contributed by atoms with Crippen molar-refractivity contribution in [3.8, 4) is 0 Å². The quantitative estimate of drug-likeness (QED) is 0.593. The van der Waals surface area contributed by atoms with Gasteiger partial charge >= 0.3 is 0 Å². The molecule has 2 rings (SSSR count). The topological polar surface area (TPSA) is 9.23 Å². The van der Waals surface area contributed by atoms with Crippen molar-refractivity contribution in [2.24, 2.45) is 0 Å². The summed E-state index contributed by atoms with van der Waals surface area (Å²) in [6, 6.07) is 6.43. The number of ether oxygens (including phenoxy) is 1. The van der Waals surface area contributed by atoms with Gasteiger partial charge in [-0.3, -0.25) is 0 Å². The largest absolute Gasteiger partial charge is 0.376 e. The van der Waals surface area contributed by atoms with Crippen molar-refractivity contribution in [3.63, 3.8) is 0 Å². The number of aryl methyl sites for hydroxylation is 1. The van der Waals surface area contributed by atoms with Crippen molar-refractivity contribution in [1.29, 1.82) is 0 Å². The molecule has 1 aliphatic rings. The lowest BCUT2D eigenvalue weighted by molar-refractivity contribution is 0.0838. The first-order valence-corrected chi connectivity index (χ1v) is 3.94. The molecule has 0 saturated heterocycles. The van der Waals surface area contributed by atoms with Gasteiger partial charge in [0.1, 0.15) is 0 Å². The highest BCUT2D eigenvalue weighted by Gasteiger charge is 2.26. The van der Waals surface area contributed by atoms with Gasteiger partial charge in [-0.1, -0.05) is 18.2 Å². The highest BCUT2D eigenvalue weighted by molar-refractivity contribution is 5.43. The molecule has 0 fully saturated rings. The van der Waals surface area contributed by atoms with Crippen LogP contribution in [-0.2, 0) is 11.2 Å². The normalized spacial score (nSPS) is 20.7. The molecule has 0 aliphatic heterocycles. The van der Waals surface area contributed by atoms with Gasteiger partial charge in [0.25, 0.3) is 0 Å². The monoisotopic (exact) mass is 148 g/mol. The van der Waals surface area contributed by atoms with Crippen LogP contribution in [0.15, 0.2) is 18.2 Å². The Balaban J connectivity index is 2.43. The van der Waals surface area contributed by atoms with E-state index in [-0.39, 0.29) is 0 Å². The molecule has 11 heavy (non-hydrogen) atoms. The zero-order valence-corrected chi connectivity index (χ0v) is 6.92. The molecule has 1 nitrogen and oxygen atoms in total. The number of methoxy groups -OCH3 is 1. The molecule has 1 heteroatoms. The van der Waals surface area contributed by atoms with Crippen molar-refractivity contribution >= 4 is 0 Å². The van der Waals surface area contributed by atoms with Gasteiger partial charge in [0.15, 0.2) is 0 Å². The minimum atomic E-state index is 0.367. The van der Waals surface area contributed by atoms with E-state index in [1.165, 1.54) is 16.7 Å². The molecule has 0 spiro atoms. The van der Waals surface area contributed by atoms with E-state index in [2.05, 4.69) is 25.1 Å². The van der Waals surface area contributed by atoms with Crippen LogP contribution in [0.1, 0.15) is 22.8 Å². The van der Waals surface area contributed by atoms with Crippen LogP contribution >= 0.6 is 0 Å². The molecule has 1 unspecified atom stereocenters. The van der Waals surface area contributed by atoms with E-state index in [0.29, 0.717) is 6.10 Å². The zero-order chi connectivity index (χ0) is 7.84. The van der Waals surface area contributed by atoms with E-state index in [9.17, 15) is 0 Å².